The highest BCUT2D eigenvalue weighted by atomic mass is 16.2. The second-order valence-electron chi connectivity index (χ2n) is 5.94. The minimum atomic E-state index is 0.398. The Labute approximate surface area is 110 Å². The molecule has 4 nitrogen and oxygen atoms in total. The molecule has 0 aromatic carbocycles. The standard InChI is InChI=1S/C14H25N3O/c18-14-2-1-9-17(14)13-5-10-16(11-6-13)12-3-7-15-8-4-12/h12-13,15H,1-11H2. The van der Waals surface area contributed by atoms with Crippen LogP contribution in [0.5, 0.6) is 0 Å². The van der Waals surface area contributed by atoms with Gasteiger partial charge < -0.3 is 15.1 Å². The van der Waals surface area contributed by atoms with Gasteiger partial charge in [0, 0.05) is 38.1 Å². The molecule has 0 aromatic heterocycles. The van der Waals surface area contributed by atoms with Crippen LogP contribution >= 0.6 is 0 Å². The molecule has 0 bridgehead atoms. The fourth-order valence-electron chi connectivity index (χ4n) is 3.79. The van der Waals surface area contributed by atoms with E-state index in [1.165, 1.54) is 51.9 Å². The predicted molar refractivity (Wildman–Crippen MR) is 71.4 cm³/mol. The topological polar surface area (TPSA) is 35.6 Å². The zero-order chi connectivity index (χ0) is 12.4. The van der Waals surface area contributed by atoms with E-state index >= 15 is 0 Å². The molecule has 0 aromatic rings. The summed E-state index contributed by atoms with van der Waals surface area (Å²) in [7, 11) is 0. The third kappa shape index (κ3) is 2.54. The number of carbonyl (C=O) groups excluding carboxylic acids is 1. The van der Waals surface area contributed by atoms with E-state index in [9.17, 15) is 4.79 Å². The van der Waals surface area contributed by atoms with Crippen molar-refractivity contribution in [1.82, 2.24) is 15.1 Å². The third-order valence-corrected chi connectivity index (χ3v) is 4.87. The molecule has 0 radical (unpaired) electrons. The van der Waals surface area contributed by atoms with Gasteiger partial charge in [0.2, 0.25) is 5.91 Å². The second-order valence-corrected chi connectivity index (χ2v) is 5.94. The lowest BCUT2D eigenvalue weighted by atomic mass is 9.98. The van der Waals surface area contributed by atoms with Crippen LogP contribution in [0.15, 0.2) is 0 Å². The summed E-state index contributed by atoms with van der Waals surface area (Å²) in [6.07, 6.45) is 6.84. The number of hydrogen-bond donors (Lipinski definition) is 1. The van der Waals surface area contributed by atoms with Gasteiger partial charge in [0.1, 0.15) is 0 Å². The highest BCUT2D eigenvalue weighted by Crippen LogP contribution is 2.24. The van der Waals surface area contributed by atoms with Crippen molar-refractivity contribution in [1.29, 1.82) is 0 Å². The van der Waals surface area contributed by atoms with Crippen molar-refractivity contribution in [2.45, 2.75) is 50.6 Å². The molecule has 1 N–H and O–H groups in total. The summed E-state index contributed by atoms with van der Waals surface area (Å²) in [5.74, 6) is 0.398. The highest BCUT2D eigenvalue weighted by molar-refractivity contribution is 5.78. The molecule has 3 fully saturated rings. The Bertz CT molecular complexity index is 293. The van der Waals surface area contributed by atoms with Crippen LogP contribution in [0.2, 0.25) is 0 Å². The molecule has 0 unspecified atom stereocenters. The number of hydrogen-bond acceptors (Lipinski definition) is 3. The van der Waals surface area contributed by atoms with Gasteiger partial charge in [-0.25, -0.2) is 0 Å². The van der Waals surface area contributed by atoms with Crippen LogP contribution in [-0.4, -0.2) is 60.5 Å². The molecular formula is C14H25N3O. The van der Waals surface area contributed by atoms with Crippen LogP contribution in [-0.2, 0) is 4.79 Å². The molecule has 102 valence electrons. The van der Waals surface area contributed by atoms with Gasteiger partial charge >= 0.3 is 0 Å². The van der Waals surface area contributed by atoms with Crippen LogP contribution in [0.3, 0.4) is 0 Å². The van der Waals surface area contributed by atoms with Crippen molar-refractivity contribution >= 4 is 5.91 Å². The van der Waals surface area contributed by atoms with Crippen LogP contribution < -0.4 is 5.32 Å². The highest BCUT2D eigenvalue weighted by Gasteiger charge is 2.32. The second kappa shape index (κ2) is 5.57. The molecular weight excluding hydrogens is 226 g/mol. The summed E-state index contributed by atoms with van der Waals surface area (Å²) in [6.45, 7) is 5.75. The zero-order valence-electron chi connectivity index (χ0n) is 11.2. The molecule has 18 heavy (non-hydrogen) atoms. The number of amides is 1. The molecule has 0 aliphatic carbocycles. The van der Waals surface area contributed by atoms with Gasteiger partial charge in [-0.15, -0.1) is 0 Å². The van der Waals surface area contributed by atoms with E-state index in [4.69, 9.17) is 0 Å². The van der Waals surface area contributed by atoms with Crippen molar-refractivity contribution in [3.63, 3.8) is 0 Å². The first-order valence-corrected chi connectivity index (χ1v) is 7.59. The molecule has 3 heterocycles. The van der Waals surface area contributed by atoms with Crippen molar-refractivity contribution in [2.75, 3.05) is 32.7 Å². The summed E-state index contributed by atoms with van der Waals surface area (Å²) >= 11 is 0. The maximum atomic E-state index is 11.8. The normalized spacial score (nSPS) is 29.1. The summed E-state index contributed by atoms with van der Waals surface area (Å²) in [4.78, 5) is 16.6. The maximum Gasteiger partial charge on any atom is 0.222 e. The number of likely N-dealkylation sites (tertiary alicyclic amines) is 2. The number of piperidine rings is 2. The van der Waals surface area contributed by atoms with E-state index in [0.29, 0.717) is 11.9 Å². The van der Waals surface area contributed by atoms with E-state index in [1.54, 1.807) is 0 Å². The number of rotatable bonds is 2. The minimum Gasteiger partial charge on any atom is -0.340 e. The van der Waals surface area contributed by atoms with E-state index < -0.39 is 0 Å². The van der Waals surface area contributed by atoms with Crippen molar-refractivity contribution < 1.29 is 4.79 Å². The molecule has 4 heteroatoms. The Morgan fingerprint density at radius 2 is 1.67 bits per heavy atom. The van der Waals surface area contributed by atoms with Crippen molar-refractivity contribution in [3.8, 4) is 0 Å². The van der Waals surface area contributed by atoms with Crippen LogP contribution in [0, 0.1) is 0 Å². The van der Waals surface area contributed by atoms with E-state index in [-0.39, 0.29) is 0 Å². The number of nitrogens with zero attached hydrogens (tertiary/aromatic N) is 2. The lowest BCUT2D eigenvalue weighted by molar-refractivity contribution is -0.130. The Hall–Kier alpha value is -0.610. The number of nitrogens with one attached hydrogen (secondary N) is 1. The van der Waals surface area contributed by atoms with Crippen molar-refractivity contribution in [3.05, 3.63) is 0 Å². The quantitative estimate of drug-likeness (QED) is 0.789. The first-order chi connectivity index (χ1) is 8.84. The lowest BCUT2D eigenvalue weighted by Gasteiger charge is -2.41. The Morgan fingerprint density at radius 3 is 2.28 bits per heavy atom. The Morgan fingerprint density at radius 1 is 0.944 bits per heavy atom. The first kappa shape index (κ1) is 12.4. The molecule has 3 aliphatic heterocycles. The fourth-order valence-corrected chi connectivity index (χ4v) is 3.79. The largest absolute Gasteiger partial charge is 0.340 e. The van der Waals surface area contributed by atoms with Gasteiger partial charge in [-0.2, -0.15) is 0 Å². The first-order valence-electron chi connectivity index (χ1n) is 7.59. The molecule has 3 saturated heterocycles. The third-order valence-electron chi connectivity index (χ3n) is 4.87. The van der Waals surface area contributed by atoms with E-state index in [0.717, 1.165) is 25.4 Å². The molecule has 0 spiro atoms. The monoisotopic (exact) mass is 251 g/mol. The Kier molecular flexibility index (Phi) is 3.85. The predicted octanol–water partition coefficient (Wildman–Crippen LogP) is 0.825. The fraction of sp³-hybridized carbons (Fsp3) is 0.929. The summed E-state index contributed by atoms with van der Waals surface area (Å²) in [5.41, 5.74) is 0. The van der Waals surface area contributed by atoms with Gasteiger partial charge in [0.05, 0.1) is 0 Å². The van der Waals surface area contributed by atoms with Crippen molar-refractivity contribution in [2.24, 2.45) is 0 Å². The van der Waals surface area contributed by atoms with Gasteiger partial charge in [-0.3, -0.25) is 4.79 Å². The van der Waals surface area contributed by atoms with E-state index in [2.05, 4.69) is 15.1 Å². The van der Waals surface area contributed by atoms with Gasteiger partial charge in [0.25, 0.3) is 0 Å². The molecule has 0 atom stereocenters. The Balaban J connectivity index is 1.49. The van der Waals surface area contributed by atoms with Crippen LogP contribution in [0.1, 0.15) is 38.5 Å². The van der Waals surface area contributed by atoms with Gasteiger partial charge in [0.15, 0.2) is 0 Å². The maximum absolute atomic E-state index is 11.8. The van der Waals surface area contributed by atoms with Gasteiger partial charge in [-0.05, 0) is 45.2 Å². The van der Waals surface area contributed by atoms with Gasteiger partial charge in [-0.1, -0.05) is 0 Å². The van der Waals surface area contributed by atoms with E-state index in [1.807, 2.05) is 0 Å². The summed E-state index contributed by atoms with van der Waals surface area (Å²) in [5, 5.41) is 3.43. The minimum absolute atomic E-state index is 0.398. The summed E-state index contributed by atoms with van der Waals surface area (Å²) < 4.78 is 0. The SMILES string of the molecule is O=C1CCCN1C1CCN(C2CCNCC2)CC1. The lowest BCUT2D eigenvalue weighted by Crippen LogP contribution is -2.50. The molecule has 3 rings (SSSR count). The zero-order valence-corrected chi connectivity index (χ0v) is 11.2. The smallest absolute Gasteiger partial charge is 0.222 e. The average Bonchev–Trinajstić information content (AvgIpc) is 2.86. The average molecular weight is 251 g/mol. The van der Waals surface area contributed by atoms with Crippen LogP contribution in [0.4, 0.5) is 0 Å². The number of carbonyl (C=O) groups is 1. The summed E-state index contributed by atoms with van der Waals surface area (Å²) in [6, 6.07) is 1.33. The molecule has 3 aliphatic rings. The van der Waals surface area contributed by atoms with Crippen LogP contribution in [0.25, 0.3) is 0 Å². The molecule has 1 amide bonds. The molecule has 0 saturated carbocycles.